The summed E-state index contributed by atoms with van der Waals surface area (Å²) in [6, 6.07) is 51.9. The summed E-state index contributed by atoms with van der Waals surface area (Å²) in [5.74, 6) is -4.51. The topological polar surface area (TPSA) is 155 Å². The maximum absolute atomic E-state index is 15.3. The molecule has 1 unspecified atom stereocenters. The highest BCUT2D eigenvalue weighted by atomic mass is 16.6. The van der Waals surface area contributed by atoms with Crippen LogP contribution < -0.4 is 0 Å². The van der Waals surface area contributed by atoms with Gasteiger partial charge >= 0.3 is 17.9 Å². The number of nitro groups is 1. The second-order valence-corrected chi connectivity index (χ2v) is 18.0. The predicted octanol–water partition coefficient (Wildman–Crippen LogP) is 12.8. The SMILES string of the molecule is CCCC(CCC(=O)O)(CC(Cc1c2ccccc2cc2ccccc12)(Cc1c2ccccc2cc2ccccc12)C(Cc1c2ccccc2cc2ccccc12)(C(=O)O)C(=O)O)[N+](=O)[O-]. The first-order valence-electron chi connectivity index (χ1n) is 22.4. The fourth-order valence-electron chi connectivity index (χ4n) is 11.3. The first kappa shape index (κ1) is 43.6. The van der Waals surface area contributed by atoms with Gasteiger partial charge in [0.15, 0.2) is 5.41 Å². The lowest BCUT2D eigenvalue weighted by molar-refractivity contribution is -0.578. The summed E-state index contributed by atoms with van der Waals surface area (Å²) in [5, 5.41) is 58.4. The Morgan fingerprint density at radius 3 is 1.06 bits per heavy atom. The van der Waals surface area contributed by atoms with Crippen molar-refractivity contribution in [3.63, 3.8) is 0 Å². The zero-order valence-electron chi connectivity index (χ0n) is 36.6. The Morgan fingerprint density at radius 2 is 0.788 bits per heavy atom. The van der Waals surface area contributed by atoms with E-state index in [4.69, 9.17) is 0 Å². The van der Waals surface area contributed by atoms with E-state index < -0.39 is 64.9 Å². The maximum Gasteiger partial charge on any atom is 0.322 e. The number of rotatable bonds is 17. The predicted molar refractivity (Wildman–Crippen MR) is 262 cm³/mol. The number of carbonyl (C=O) groups is 3. The van der Waals surface area contributed by atoms with Crippen molar-refractivity contribution in [2.45, 2.75) is 63.8 Å². The molecular weight excluding hydrogens is 827 g/mol. The third-order valence-corrected chi connectivity index (χ3v) is 14.3. The van der Waals surface area contributed by atoms with Gasteiger partial charge in [0.2, 0.25) is 5.54 Å². The molecule has 0 aliphatic carbocycles. The van der Waals surface area contributed by atoms with E-state index in [1.54, 1.807) is 6.92 Å². The molecule has 3 N–H and O–H groups in total. The lowest BCUT2D eigenvalue weighted by Crippen LogP contribution is -2.60. The van der Waals surface area contributed by atoms with E-state index in [-0.39, 0.29) is 25.7 Å². The van der Waals surface area contributed by atoms with Crippen LogP contribution >= 0.6 is 0 Å². The summed E-state index contributed by atoms with van der Waals surface area (Å²) >= 11 is 0. The summed E-state index contributed by atoms with van der Waals surface area (Å²) in [6.07, 6.45) is -2.43. The van der Waals surface area contributed by atoms with E-state index in [0.29, 0.717) is 27.5 Å². The summed E-state index contributed by atoms with van der Waals surface area (Å²) in [6.45, 7) is 1.78. The van der Waals surface area contributed by atoms with E-state index in [2.05, 4.69) is 0 Å². The minimum Gasteiger partial charge on any atom is -0.481 e. The number of hydrogen-bond donors (Lipinski definition) is 3. The molecule has 9 nitrogen and oxygen atoms in total. The highest BCUT2D eigenvalue weighted by Gasteiger charge is 2.66. The standard InChI is InChI=1S/C57H49NO8/c1-2-28-56(58(65)66,29-27-52(59)60)36-55(33-49-43-21-9-3-15-37(43)30-38-16-4-10-22-44(38)49,34-50-45-23-11-5-17-39(45)31-40-18-6-12-24-46(40)50)57(53(61)62,54(63)64)35-51-47-25-13-7-19-41(47)32-42-20-8-14-26-48(42)51/h3-26,30-32H,2,27-29,33-36H2,1H3,(H,59,60)(H,61,62)(H,63,64). The van der Waals surface area contributed by atoms with Crippen molar-refractivity contribution >= 4 is 82.5 Å². The molecule has 330 valence electrons. The molecule has 0 saturated carbocycles. The number of fused-ring (bicyclic) bond motifs is 6. The summed E-state index contributed by atoms with van der Waals surface area (Å²) in [7, 11) is 0. The minimum atomic E-state index is -2.78. The average Bonchev–Trinajstić information content (AvgIpc) is 3.31. The molecule has 66 heavy (non-hydrogen) atoms. The number of carboxylic acids is 3. The Kier molecular flexibility index (Phi) is 11.5. The molecule has 9 rings (SSSR count). The summed E-state index contributed by atoms with van der Waals surface area (Å²) < 4.78 is 0. The van der Waals surface area contributed by atoms with Crippen molar-refractivity contribution in [3.8, 4) is 0 Å². The van der Waals surface area contributed by atoms with Crippen LogP contribution in [0.4, 0.5) is 0 Å². The maximum atomic E-state index is 15.3. The van der Waals surface area contributed by atoms with Crippen molar-refractivity contribution in [2.75, 3.05) is 0 Å². The Labute approximate surface area is 381 Å². The zero-order chi connectivity index (χ0) is 46.2. The normalized spacial score (nSPS) is 13.1. The lowest BCUT2D eigenvalue weighted by atomic mass is 9.51. The molecule has 1 atom stereocenters. The number of aliphatic carboxylic acids is 3. The number of hydrogen-bond acceptors (Lipinski definition) is 5. The average molecular weight is 876 g/mol. The molecule has 0 fully saturated rings. The number of benzene rings is 9. The molecule has 0 amide bonds. The first-order valence-corrected chi connectivity index (χ1v) is 22.4. The molecule has 9 aromatic rings. The van der Waals surface area contributed by atoms with Crippen molar-refractivity contribution in [1.82, 2.24) is 0 Å². The molecular formula is C57H49NO8. The van der Waals surface area contributed by atoms with Crippen LogP contribution in [0.1, 0.15) is 55.7 Å². The first-order chi connectivity index (χ1) is 31.9. The van der Waals surface area contributed by atoms with Crippen LogP contribution in [0.15, 0.2) is 164 Å². The second-order valence-electron chi connectivity index (χ2n) is 18.0. The second kappa shape index (κ2) is 17.4. The monoisotopic (exact) mass is 875 g/mol. The highest BCUT2D eigenvalue weighted by molar-refractivity contribution is 6.08. The van der Waals surface area contributed by atoms with Crippen LogP contribution in [0.25, 0.3) is 64.6 Å². The van der Waals surface area contributed by atoms with Gasteiger partial charge in [0, 0.05) is 36.0 Å². The summed E-state index contributed by atoms with van der Waals surface area (Å²) in [4.78, 5) is 56.7. The van der Waals surface area contributed by atoms with Gasteiger partial charge in [0.25, 0.3) is 0 Å². The molecule has 0 heterocycles. The minimum absolute atomic E-state index is 0.117. The van der Waals surface area contributed by atoms with Gasteiger partial charge in [-0.2, -0.15) is 0 Å². The van der Waals surface area contributed by atoms with Crippen LogP contribution in [-0.4, -0.2) is 43.7 Å². The third kappa shape index (κ3) is 7.44. The smallest absolute Gasteiger partial charge is 0.322 e. The molecule has 9 aromatic carbocycles. The molecule has 0 aliphatic rings. The van der Waals surface area contributed by atoms with Gasteiger partial charge in [-0.25, -0.2) is 0 Å². The Balaban J connectivity index is 1.49. The van der Waals surface area contributed by atoms with Gasteiger partial charge in [-0.15, -0.1) is 0 Å². The van der Waals surface area contributed by atoms with Crippen LogP contribution in [0.3, 0.4) is 0 Å². The quantitative estimate of drug-likeness (QED) is 0.0353. The highest BCUT2D eigenvalue weighted by Crippen LogP contribution is 2.57. The fourth-order valence-corrected chi connectivity index (χ4v) is 11.3. The molecule has 0 bridgehead atoms. The largest absolute Gasteiger partial charge is 0.481 e. The van der Waals surface area contributed by atoms with Gasteiger partial charge in [0.1, 0.15) is 0 Å². The molecule has 0 spiro atoms. The Hall–Kier alpha value is -7.65. The van der Waals surface area contributed by atoms with Gasteiger partial charge in [-0.1, -0.05) is 153 Å². The van der Waals surface area contributed by atoms with E-state index in [9.17, 15) is 30.2 Å². The van der Waals surface area contributed by atoms with E-state index >= 15 is 9.59 Å². The Bertz CT molecular complexity index is 3100. The van der Waals surface area contributed by atoms with E-state index in [1.165, 1.54) is 0 Å². The molecule has 0 aromatic heterocycles. The fraction of sp³-hybridized carbons (Fsp3) is 0.211. The van der Waals surface area contributed by atoms with Crippen LogP contribution in [0.2, 0.25) is 0 Å². The zero-order valence-corrected chi connectivity index (χ0v) is 36.6. The number of carboxylic acid groups (broad SMARTS) is 3. The van der Waals surface area contributed by atoms with Crippen LogP contribution in [0.5, 0.6) is 0 Å². The van der Waals surface area contributed by atoms with Crippen molar-refractivity contribution in [1.29, 1.82) is 0 Å². The van der Waals surface area contributed by atoms with Crippen molar-refractivity contribution in [2.24, 2.45) is 10.8 Å². The Morgan fingerprint density at radius 1 is 0.485 bits per heavy atom. The van der Waals surface area contributed by atoms with Gasteiger partial charge in [-0.05, 0) is 119 Å². The van der Waals surface area contributed by atoms with Crippen LogP contribution in [-0.2, 0) is 33.6 Å². The molecule has 0 radical (unpaired) electrons. The lowest BCUT2D eigenvalue weighted by Gasteiger charge is -2.49. The van der Waals surface area contributed by atoms with Crippen molar-refractivity contribution < 1.29 is 34.6 Å². The third-order valence-electron chi connectivity index (χ3n) is 14.3. The number of nitrogens with zero attached hydrogens (tertiary/aromatic N) is 1. The van der Waals surface area contributed by atoms with Gasteiger partial charge in [0.05, 0.1) is 6.42 Å². The molecule has 0 saturated heterocycles. The summed E-state index contributed by atoms with van der Waals surface area (Å²) in [5.41, 5.74) is -5.08. The van der Waals surface area contributed by atoms with Crippen LogP contribution in [0, 0.1) is 20.9 Å². The van der Waals surface area contributed by atoms with Gasteiger partial charge < -0.3 is 15.3 Å². The molecule has 0 aliphatic heterocycles. The van der Waals surface area contributed by atoms with E-state index in [1.807, 2.05) is 164 Å². The van der Waals surface area contributed by atoms with Crippen molar-refractivity contribution in [3.05, 3.63) is 191 Å². The van der Waals surface area contributed by atoms with E-state index in [0.717, 1.165) is 53.9 Å². The molecule has 9 heteroatoms. The van der Waals surface area contributed by atoms with Gasteiger partial charge in [-0.3, -0.25) is 24.5 Å².